The molecule has 38 heavy (non-hydrogen) atoms. The fraction of sp³-hybridized carbons (Fsp3) is 0.194. The van der Waals surface area contributed by atoms with Crippen LogP contribution in [0.1, 0.15) is 32.6 Å². The van der Waals surface area contributed by atoms with Gasteiger partial charge >= 0.3 is 0 Å². The lowest BCUT2D eigenvalue weighted by Crippen LogP contribution is -2.52. The third-order valence-electron chi connectivity index (χ3n) is 6.89. The number of fused-ring (bicyclic) bond motifs is 1. The highest BCUT2D eigenvalue weighted by molar-refractivity contribution is 5.94. The molecule has 3 aromatic carbocycles. The fourth-order valence-corrected chi connectivity index (χ4v) is 4.72. The van der Waals surface area contributed by atoms with Gasteiger partial charge in [0.1, 0.15) is 10.7 Å². The van der Waals surface area contributed by atoms with Crippen molar-refractivity contribution in [1.29, 1.82) is 0 Å². The molecule has 0 saturated heterocycles. The number of amides is 1. The molecular formula is C31H30N4O3. The van der Waals surface area contributed by atoms with Crippen LogP contribution < -0.4 is 27.1 Å². The summed E-state index contributed by atoms with van der Waals surface area (Å²) in [6, 6.07) is 24.8. The summed E-state index contributed by atoms with van der Waals surface area (Å²) in [5.41, 5.74) is 4.19. The first-order valence-electron chi connectivity index (χ1n) is 12.7. The van der Waals surface area contributed by atoms with Crippen molar-refractivity contribution in [3.63, 3.8) is 0 Å². The average molecular weight is 507 g/mol. The van der Waals surface area contributed by atoms with Gasteiger partial charge in [-0.15, -0.1) is 0 Å². The molecule has 1 aliphatic heterocycles. The summed E-state index contributed by atoms with van der Waals surface area (Å²) in [5.74, 6) is -0.140. The van der Waals surface area contributed by atoms with E-state index >= 15 is 0 Å². The van der Waals surface area contributed by atoms with Crippen molar-refractivity contribution in [2.45, 2.75) is 13.0 Å². The molecule has 0 aliphatic carbocycles. The van der Waals surface area contributed by atoms with E-state index < -0.39 is 0 Å². The van der Waals surface area contributed by atoms with Gasteiger partial charge in [0.2, 0.25) is 0 Å². The Morgan fingerprint density at radius 1 is 0.895 bits per heavy atom. The summed E-state index contributed by atoms with van der Waals surface area (Å²) in [5, 5.41) is 3.45. The maximum Gasteiger partial charge on any atom is 0.274 e. The number of nitrogens with one attached hydrogen (secondary N) is 2. The standard InChI is InChI=1S/C31H30N4O3/c1-34-28(20-22-7-3-2-4-8-22)30(37)33-27(31(34)38)19-23-11-13-25(14-12-23)29(36)32-16-18-35-17-15-24-9-5-6-10-26(24)21-35/h2-14,19-20H,15-18,21H2,1H3,(H,32,36)(H,33,37). The highest BCUT2D eigenvalue weighted by Gasteiger charge is 2.15. The lowest BCUT2D eigenvalue weighted by Gasteiger charge is -2.28. The number of aromatic amines is 1. The van der Waals surface area contributed by atoms with E-state index in [4.69, 9.17) is 0 Å². The van der Waals surface area contributed by atoms with E-state index in [1.807, 2.05) is 30.3 Å². The van der Waals surface area contributed by atoms with Gasteiger partial charge in [-0.1, -0.05) is 66.7 Å². The second kappa shape index (κ2) is 11.3. The first-order valence-corrected chi connectivity index (χ1v) is 12.7. The van der Waals surface area contributed by atoms with E-state index in [9.17, 15) is 14.4 Å². The first-order chi connectivity index (χ1) is 18.5. The molecule has 0 saturated carbocycles. The van der Waals surface area contributed by atoms with E-state index in [2.05, 4.69) is 39.5 Å². The summed E-state index contributed by atoms with van der Waals surface area (Å²) < 4.78 is 1.35. The van der Waals surface area contributed by atoms with E-state index in [1.165, 1.54) is 15.7 Å². The lowest BCUT2D eigenvalue weighted by molar-refractivity contribution is 0.0947. The Balaban J connectivity index is 1.24. The average Bonchev–Trinajstić information content (AvgIpc) is 2.95. The van der Waals surface area contributed by atoms with Crippen LogP contribution in [0.15, 0.2) is 88.5 Å². The second-order valence-corrected chi connectivity index (χ2v) is 9.49. The monoisotopic (exact) mass is 506 g/mol. The summed E-state index contributed by atoms with van der Waals surface area (Å²) in [6.45, 7) is 3.26. The van der Waals surface area contributed by atoms with Crippen molar-refractivity contribution in [1.82, 2.24) is 19.8 Å². The zero-order valence-electron chi connectivity index (χ0n) is 21.3. The zero-order chi connectivity index (χ0) is 26.5. The molecule has 0 spiro atoms. The number of nitrogens with zero attached hydrogens (tertiary/aromatic N) is 2. The third kappa shape index (κ3) is 5.74. The number of hydrogen-bond donors (Lipinski definition) is 2. The number of hydrogen-bond acceptors (Lipinski definition) is 4. The summed E-state index contributed by atoms with van der Waals surface area (Å²) in [6.07, 6.45) is 4.33. The number of benzene rings is 3. The highest BCUT2D eigenvalue weighted by atomic mass is 16.2. The predicted octanol–water partition coefficient (Wildman–Crippen LogP) is 1.52. The van der Waals surface area contributed by atoms with Crippen LogP contribution in [0.3, 0.4) is 0 Å². The quantitative estimate of drug-likeness (QED) is 0.415. The zero-order valence-corrected chi connectivity index (χ0v) is 21.3. The Hall–Kier alpha value is -4.49. The van der Waals surface area contributed by atoms with Crippen LogP contribution in [0.2, 0.25) is 0 Å². The Kier molecular flexibility index (Phi) is 7.47. The van der Waals surface area contributed by atoms with Crippen LogP contribution in [-0.2, 0) is 20.0 Å². The molecule has 7 heteroatoms. The van der Waals surface area contributed by atoms with Gasteiger partial charge in [0.25, 0.3) is 17.0 Å². The maximum atomic E-state index is 12.9. The number of carbonyl (C=O) groups is 1. The summed E-state index contributed by atoms with van der Waals surface area (Å²) in [7, 11) is 1.58. The topological polar surface area (TPSA) is 87.2 Å². The largest absolute Gasteiger partial charge is 0.351 e. The number of carbonyl (C=O) groups excluding carboxylic acids is 1. The van der Waals surface area contributed by atoms with Crippen molar-refractivity contribution >= 4 is 18.1 Å². The minimum atomic E-state index is -0.351. The van der Waals surface area contributed by atoms with Crippen molar-refractivity contribution in [3.8, 4) is 0 Å². The Morgan fingerprint density at radius 3 is 2.34 bits per heavy atom. The smallest absolute Gasteiger partial charge is 0.274 e. The van der Waals surface area contributed by atoms with Gasteiger partial charge in [0.15, 0.2) is 0 Å². The molecule has 0 unspecified atom stereocenters. The first kappa shape index (κ1) is 25.2. The molecule has 1 aliphatic rings. The van der Waals surface area contributed by atoms with E-state index in [1.54, 1.807) is 43.5 Å². The molecule has 0 radical (unpaired) electrons. The minimum Gasteiger partial charge on any atom is -0.351 e. The SMILES string of the molecule is Cn1c(=O)c(=Cc2ccc(C(=O)NCCN3CCc4ccccc4C3)cc2)[nH]c(=O)c1=Cc1ccccc1. The maximum absolute atomic E-state index is 12.9. The van der Waals surface area contributed by atoms with E-state index in [0.29, 0.717) is 17.7 Å². The Bertz CT molecular complexity index is 1690. The molecular weight excluding hydrogens is 476 g/mol. The molecule has 192 valence electrons. The van der Waals surface area contributed by atoms with E-state index in [0.717, 1.165) is 31.6 Å². The molecule has 2 heterocycles. The van der Waals surface area contributed by atoms with Crippen molar-refractivity contribution < 1.29 is 4.79 Å². The van der Waals surface area contributed by atoms with Gasteiger partial charge < -0.3 is 14.9 Å². The van der Waals surface area contributed by atoms with Crippen LogP contribution in [0.5, 0.6) is 0 Å². The van der Waals surface area contributed by atoms with Gasteiger partial charge in [0, 0.05) is 38.8 Å². The highest BCUT2D eigenvalue weighted by Crippen LogP contribution is 2.17. The Morgan fingerprint density at radius 2 is 1.58 bits per heavy atom. The minimum absolute atomic E-state index is 0.140. The normalized spacial score (nSPS) is 14.3. The van der Waals surface area contributed by atoms with Crippen LogP contribution in [0, 0.1) is 0 Å². The van der Waals surface area contributed by atoms with Gasteiger partial charge in [-0.25, -0.2) is 0 Å². The van der Waals surface area contributed by atoms with Gasteiger partial charge in [-0.2, -0.15) is 0 Å². The summed E-state index contributed by atoms with van der Waals surface area (Å²) >= 11 is 0. The van der Waals surface area contributed by atoms with Crippen molar-refractivity contribution in [2.24, 2.45) is 7.05 Å². The Labute approximate surface area is 220 Å². The molecule has 7 nitrogen and oxygen atoms in total. The fourth-order valence-electron chi connectivity index (χ4n) is 4.72. The molecule has 5 rings (SSSR count). The van der Waals surface area contributed by atoms with Crippen molar-refractivity contribution in [3.05, 3.63) is 138 Å². The second-order valence-electron chi connectivity index (χ2n) is 9.49. The van der Waals surface area contributed by atoms with Crippen LogP contribution >= 0.6 is 0 Å². The molecule has 1 amide bonds. The van der Waals surface area contributed by atoms with Gasteiger partial charge in [-0.05, 0) is 53.0 Å². The van der Waals surface area contributed by atoms with Gasteiger partial charge in [-0.3, -0.25) is 19.3 Å². The molecule has 0 fully saturated rings. The third-order valence-corrected chi connectivity index (χ3v) is 6.89. The number of H-pyrrole nitrogens is 1. The molecule has 0 bridgehead atoms. The number of aromatic nitrogens is 2. The lowest BCUT2D eigenvalue weighted by atomic mass is 10.00. The number of rotatable bonds is 6. The van der Waals surface area contributed by atoms with Crippen molar-refractivity contribution in [2.75, 3.05) is 19.6 Å². The molecule has 0 atom stereocenters. The van der Waals surface area contributed by atoms with E-state index in [-0.39, 0.29) is 27.7 Å². The van der Waals surface area contributed by atoms with Crippen LogP contribution in [0.4, 0.5) is 0 Å². The molecule has 4 aromatic rings. The summed E-state index contributed by atoms with van der Waals surface area (Å²) in [4.78, 5) is 43.3. The molecule has 2 N–H and O–H groups in total. The predicted molar refractivity (Wildman–Crippen MR) is 149 cm³/mol. The van der Waals surface area contributed by atoms with Gasteiger partial charge in [0.05, 0.1) is 0 Å². The van der Waals surface area contributed by atoms with Crippen LogP contribution in [0.25, 0.3) is 12.2 Å². The van der Waals surface area contributed by atoms with Crippen LogP contribution in [-0.4, -0.2) is 40.0 Å². The molecule has 1 aromatic heterocycles.